The van der Waals surface area contributed by atoms with Crippen LogP contribution in [0.5, 0.6) is 0 Å². The summed E-state index contributed by atoms with van der Waals surface area (Å²) in [5.41, 5.74) is 12.4. The lowest BCUT2D eigenvalue weighted by molar-refractivity contribution is 1.07. The van der Waals surface area contributed by atoms with Gasteiger partial charge in [-0.1, -0.05) is 146 Å². The Morgan fingerprint density at radius 2 is 0.673 bits per heavy atom. The van der Waals surface area contributed by atoms with Gasteiger partial charge < -0.3 is 0 Å². The lowest BCUT2D eigenvalue weighted by atomic mass is 10.0. The molecule has 6 heteroatoms. The van der Waals surface area contributed by atoms with Crippen LogP contribution in [-0.4, -0.2) is 29.9 Å². The molecule has 0 N–H and O–H groups in total. The zero-order chi connectivity index (χ0) is 34.7. The first-order chi connectivity index (χ1) is 25.7. The average molecular weight is 667 g/mol. The van der Waals surface area contributed by atoms with Crippen LogP contribution in [0.3, 0.4) is 0 Å². The second kappa shape index (κ2) is 13.6. The van der Waals surface area contributed by atoms with Gasteiger partial charge in [-0.2, -0.15) is 0 Å². The number of nitrogens with zero attached hydrogens (tertiary/aromatic N) is 6. The van der Waals surface area contributed by atoms with Crippen LogP contribution in [0.15, 0.2) is 182 Å². The van der Waals surface area contributed by atoms with E-state index in [1.807, 2.05) is 91.1 Å². The summed E-state index contributed by atoms with van der Waals surface area (Å²) in [6.45, 7) is 0. The smallest absolute Gasteiger partial charge is 0.164 e. The van der Waals surface area contributed by atoms with Crippen LogP contribution in [-0.2, 0) is 0 Å². The molecule has 9 rings (SSSR count). The highest BCUT2D eigenvalue weighted by Crippen LogP contribution is 2.33. The Balaban J connectivity index is 1.08. The molecule has 6 aromatic carbocycles. The molecule has 0 fully saturated rings. The molecular formula is C46H30N6. The maximum absolute atomic E-state index is 5.14. The fraction of sp³-hybridized carbons (Fsp3) is 0. The largest absolute Gasteiger partial charge is 0.264 e. The molecule has 0 atom stereocenters. The van der Waals surface area contributed by atoms with Gasteiger partial charge in [-0.3, -0.25) is 4.98 Å². The highest BCUT2D eigenvalue weighted by molar-refractivity contribution is 5.88. The predicted octanol–water partition coefficient (Wildman–Crippen LogP) is 10.9. The molecule has 3 aromatic heterocycles. The van der Waals surface area contributed by atoms with Gasteiger partial charge in [0.15, 0.2) is 17.5 Å². The Morgan fingerprint density at radius 3 is 1.23 bits per heavy atom. The van der Waals surface area contributed by atoms with Crippen molar-refractivity contribution in [1.82, 2.24) is 29.9 Å². The van der Waals surface area contributed by atoms with E-state index >= 15 is 0 Å². The highest BCUT2D eigenvalue weighted by atomic mass is 15.0. The molecule has 0 radical (unpaired) electrons. The van der Waals surface area contributed by atoms with Crippen molar-refractivity contribution in [3.05, 3.63) is 182 Å². The van der Waals surface area contributed by atoms with Crippen molar-refractivity contribution in [2.24, 2.45) is 0 Å². The molecule has 0 aliphatic carbocycles. The van der Waals surface area contributed by atoms with E-state index in [9.17, 15) is 0 Å². The number of hydrogen-bond donors (Lipinski definition) is 0. The van der Waals surface area contributed by atoms with Crippen LogP contribution in [0.2, 0.25) is 0 Å². The Morgan fingerprint density at radius 1 is 0.269 bits per heavy atom. The van der Waals surface area contributed by atoms with E-state index < -0.39 is 0 Å². The zero-order valence-electron chi connectivity index (χ0n) is 28.0. The average Bonchev–Trinajstić information content (AvgIpc) is 3.24. The molecule has 0 saturated heterocycles. The van der Waals surface area contributed by atoms with Crippen molar-refractivity contribution >= 4 is 11.0 Å². The van der Waals surface area contributed by atoms with E-state index in [1.165, 1.54) is 5.56 Å². The number of benzene rings is 6. The summed E-state index contributed by atoms with van der Waals surface area (Å²) in [5.74, 6) is 1.87. The summed E-state index contributed by atoms with van der Waals surface area (Å²) >= 11 is 0. The minimum Gasteiger partial charge on any atom is -0.264 e. The molecule has 0 aliphatic heterocycles. The molecule has 52 heavy (non-hydrogen) atoms. The van der Waals surface area contributed by atoms with Crippen molar-refractivity contribution in [2.45, 2.75) is 0 Å². The van der Waals surface area contributed by atoms with Gasteiger partial charge >= 0.3 is 0 Å². The summed E-state index contributed by atoms with van der Waals surface area (Å²) in [6.07, 6.45) is 3.60. The number of fused-ring (bicyclic) bond motifs is 1. The van der Waals surface area contributed by atoms with Gasteiger partial charge in [0.1, 0.15) is 0 Å². The standard InChI is InChI=1S/C46H30N6/c1-4-11-31(12-5-1)32-18-22-36(23-19-32)45-50-44(35-15-8-3-9-16-35)51-46(52-45)37-24-20-33(21-25-37)38-26-27-40-41(29-38)49-43(39-17-10-28-47-30-39)42(48-40)34-13-6-2-7-14-34/h1-30H. The third-order valence-corrected chi connectivity index (χ3v) is 9.04. The number of aromatic nitrogens is 6. The second-order valence-corrected chi connectivity index (χ2v) is 12.4. The predicted molar refractivity (Wildman–Crippen MR) is 209 cm³/mol. The SMILES string of the molecule is c1ccc(-c2ccc(-c3nc(-c4ccccc4)nc(-c4ccc(-c5ccc6nc(-c7ccccc7)c(-c7cccnc7)nc6c5)cc4)n3)cc2)cc1. The van der Waals surface area contributed by atoms with Crippen LogP contribution < -0.4 is 0 Å². The maximum atomic E-state index is 5.14. The third-order valence-electron chi connectivity index (χ3n) is 9.04. The molecule has 0 aliphatic rings. The van der Waals surface area contributed by atoms with Crippen molar-refractivity contribution in [3.8, 4) is 78.9 Å². The summed E-state index contributed by atoms with van der Waals surface area (Å²) in [5, 5.41) is 0. The van der Waals surface area contributed by atoms with Gasteiger partial charge in [0.25, 0.3) is 0 Å². The Bertz CT molecular complexity index is 2630. The molecule has 9 aromatic rings. The van der Waals surface area contributed by atoms with Crippen LogP contribution in [0.4, 0.5) is 0 Å². The van der Waals surface area contributed by atoms with Gasteiger partial charge in [-0.05, 0) is 46.5 Å². The molecule has 0 spiro atoms. The van der Waals surface area contributed by atoms with Crippen LogP contribution >= 0.6 is 0 Å². The normalized spacial score (nSPS) is 11.1. The summed E-state index contributed by atoms with van der Waals surface area (Å²) in [4.78, 5) is 29.4. The molecule has 244 valence electrons. The molecule has 0 saturated carbocycles. The Kier molecular flexibility index (Phi) is 8.08. The van der Waals surface area contributed by atoms with E-state index in [1.54, 1.807) is 6.20 Å². The fourth-order valence-corrected chi connectivity index (χ4v) is 6.34. The quantitative estimate of drug-likeness (QED) is 0.168. The minimum atomic E-state index is 0.612. The van der Waals surface area contributed by atoms with E-state index in [0.717, 1.165) is 66.9 Å². The number of pyridine rings is 1. The lowest BCUT2D eigenvalue weighted by Crippen LogP contribution is -2.00. The number of hydrogen-bond acceptors (Lipinski definition) is 6. The second-order valence-electron chi connectivity index (χ2n) is 12.4. The fourth-order valence-electron chi connectivity index (χ4n) is 6.34. The van der Waals surface area contributed by atoms with Crippen LogP contribution in [0.1, 0.15) is 0 Å². The topological polar surface area (TPSA) is 77.3 Å². The van der Waals surface area contributed by atoms with E-state index in [2.05, 4.69) is 89.9 Å². The molecule has 6 nitrogen and oxygen atoms in total. The van der Waals surface area contributed by atoms with Crippen LogP contribution in [0.25, 0.3) is 90.0 Å². The van der Waals surface area contributed by atoms with Crippen LogP contribution in [0, 0.1) is 0 Å². The summed E-state index contributed by atoms with van der Waals surface area (Å²) < 4.78 is 0. The molecule has 0 amide bonds. The van der Waals surface area contributed by atoms with Gasteiger partial charge in [-0.25, -0.2) is 24.9 Å². The highest BCUT2D eigenvalue weighted by Gasteiger charge is 2.16. The van der Waals surface area contributed by atoms with E-state index in [0.29, 0.717) is 17.5 Å². The monoisotopic (exact) mass is 666 g/mol. The van der Waals surface area contributed by atoms with Gasteiger partial charge in [0, 0.05) is 40.2 Å². The Labute approximate surface area is 301 Å². The number of rotatable bonds is 7. The zero-order valence-corrected chi connectivity index (χ0v) is 28.0. The van der Waals surface area contributed by atoms with Crippen molar-refractivity contribution in [1.29, 1.82) is 0 Å². The molecule has 0 unspecified atom stereocenters. The van der Waals surface area contributed by atoms with Gasteiger partial charge in [0.05, 0.1) is 22.4 Å². The maximum Gasteiger partial charge on any atom is 0.164 e. The van der Waals surface area contributed by atoms with Crippen molar-refractivity contribution < 1.29 is 0 Å². The van der Waals surface area contributed by atoms with E-state index in [-0.39, 0.29) is 0 Å². The minimum absolute atomic E-state index is 0.612. The van der Waals surface area contributed by atoms with Gasteiger partial charge in [-0.15, -0.1) is 0 Å². The van der Waals surface area contributed by atoms with E-state index in [4.69, 9.17) is 24.9 Å². The molecule has 3 heterocycles. The van der Waals surface area contributed by atoms with Crippen molar-refractivity contribution in [2.75, 3.05) is 0 Å². The lowest BCUT2D eigenvalue weighted by Gasteiger charge is -2.12. The summed E-state index contributed by atoms with van der Waals surface area (Å²) in [7, 11) is 0. The summed E-state index contributed by atoms with van der Waals surface area (Å²) in [6, 6.07) is 57.4. The first-order valence-corrected chi connectivity index (χ1v) is 17.1. The first kappa shape index (κ1) is 30.8. The van der Waals surface area contributed by atoms with Crippen molar-refractivity contribution in [3.63, 3.8) is 0 Å². The first-order valence-electron chi connectivity index (χ1n) is 17.1. The van der Waals surface area contributed by atoms with Gasteiger partial charge in [0.2, 0.25) is 0 Å². The molecule has 0 bridgehead atoms. The third kappa shape index (κ3) is 6.21. The molecular weight excluding hydrogens is 637 g/mol. The Hall–Kier alpha value is -7.18.